The molecule has 0 spiro atoms. The Labute approximate surface area is 117 Å². The van der Waals surface area contributed by atoms with E-state index in [9.17, 15) is 15.0 Å². The van der Waals surface area contributed by atoms with Crippen LogP contribution >= 0.6 is 0 Å². The number of aliphatic hydroxyl groups is 2. The molecule has 2 aromatic carbocycles. The number of hydrogen-bond acceptors (Lipinski definition) is 4. The van der Waals surface area contributed by atoms with E-state index < -0.39 is 17.7 Å². The molecule has 2 N–H and O–H groups in total. The zero-order valence-electron chi connectivity index (χ0n) is 11.1. The molecule has 0 radical (unpaired) electrons. The van der Waals surface area contributed by atoms with Gasteiger partial charge in [-0.15, -0.1) is 0 Å². The van der Waals surface area contributed by atoms with Crippen molar-refractivity contribution in [1.29, 1.82) is 0 Å². The Balaban J connectivity index is 2.51. The van der Waals surface area contributed by atoms with Gasteiger partial charge in [-0.1, -0.05) is 60.7 Å². The standard InChI is InChI=1S/C16H16O4/c1-20-15(18)16(19,13-10-6-3-7-11-13)14(17)12-8-4-2-5-9-12/h2-11,14,17,19H,1H3/t14-,16-/m0/s1. The molecule has 0 aliphatic heterocycles. The summed E-state index contributed by atoms with van der Waals surface area (Å²) in [6.45, 7) is 0. The molecule has 0 aliphatic rings. The van der Waals surface area contributed by atoms with Gasteiger partial charge in [0.05, 0.1) is 7.11 Å². The number of carbonyl (C=O) groups excluding carboxylic acids is 1. The second-order valence-corrected chi connectivity index (χ2v) is 4.44. The lowest BCUT2D eigenvalue weighted by Gasteiger charge is -2.30. The van der Waals surface area contributed by atoms with Crippen molar-refractivity contribution < 1.29 is 19.7 Å². The summed E-state index contributed by atoms with van der Waals surface area (Å²) in [5, 5.41) is 21.2. The molecule has 104 valence electrons. The van der Waals surface area contributed by atoms with Crippen LogP contribution in [-0.4, -0.2) is 23.3 Å². The third kappa shape index (κ3) is 2.43. The molecular formula is C16H16O4. The number of rotatable bonds is 4. The highest BCUT2D eigenvalue weighted by molar-refractivity contribution is 5.82. The van der Waals surface area contributed by atoms with E-state index in [1.165, 1.54) is 7.11 Å². The van der Waals surface area contributed by atoms with Crippen LogP contribution in [0, 0.1) is 0 Å². The van der Waals surface area contributed by atoms with E-state index >= 15 is 0 Å². The van der Waals surface area contributed by atoms with Gasteiger partial charge in [0.15, 0.2) is 0 Å². The van der Waals surface area contributed by atoms with Crippen molar-refractivity contribution in [3.63, 3.8) is 0 Å². The summed E-state index contributed by atoms with van der Waals surface area (Å²) < 4.78 is 4.66. The first-order valence-electron chi connectivity index (χ1n) is 6.20. The fourth-order valence-electron chi connectivity index (χ4n) is 2.11. The minimum Gasteiger partial charge on any atom is -0.467 e. The van der Waals surface area contributed by atoms with Crippen LogP contribution in [0.25, 0.3) is 0 Å². The summed E-state index contributed by atoms with van der Waals surface area (Å²) in [6.07, 6.45) is -1.42. The number of ether oxygens (including phenoxy) is 1. The quantitative estimate of drug-likeness (QED) is 0.833. The van der Waals surface area contributed by atoms with E-state index in [-0.39, 0.29) is 5.56 Å². The number of carbonyl (C=O) groups is 1. The molecule has 2 aromatic rings. The summed E-state index contributed by atoms with van der Waals surface area (Å²) >= 11 is 0. The van der Waals surface area contributed by atoms with Crippen LogP contribution in [0.15, 0.2) is 60.7 Å². The van der Waals surface area contributed by atoms with Crippen LogP contribution in [0.5, 0.6) is 0 Å². The van der Waals surface area contributed by atoms with Crippen molar-refractivity contribution in [2.75, 3.05) is 7.11 Å². The second-order valence-electron chi connectivity index (χ2n) is 4.44. The Morgan fingerprint density at radius 3 is 2.05 bits per heavy atom. The third-order valence-corrected chi connectivity index (χ3v) is 3.22. The van der Waals surface area contributed by atoms with Gasteiger partial charge in [-0.3, -0.25) is 0 Å². The lowest BCUT2D eigenvalue weighted by molar-refractivity contribution is -0.178. The average Bonchev–Trinajstić information content (AvgIpc) is 2.54. The molecule has 20 heavy (non-hydrogen) atoms. The minimum atomic E-state index is -2.14. The highest BCUT2D eigenvalue weighted by atomic mass is 16.5. The van der Waals surface area contributed by atoms with Gasteiger partial charge in [-0.05, 0) is 11.1 Å². The first-order valence-corrected chi connectivity index (χ1v) is 6.20. The topological polar surface area (TPSA) is 66.8 Å². The Hall–Kier alpha value is -2.17. The van der Waals surface area contributed by atoms with Gasteiger partial charge in [0.25, 0.3) is 0 Å². The van der Waals surface area contributed by atoms with Crippen LogP contribution in [0.2, 0.25) is 0 Å². The summed E-state index contributed by atoms with van der Waals surface area (Å²) in [6, 6.07) is 16.8. The summed E-state index contributed by atoms with van der Waals surface area (Å²) in [5.74, 6) is -0.903. The number of hydrogen-bond donors (Lipinski definition) is 2. The average molecular weight is 272 g/mol. The van der Waals surface area contributed by atoms with Gasteiger partial charge in [0.2, 0.25) is 5.60 Å². The zero-order chi connectivity index (χ0) is 14.6. The van der Waals surface area contributed by atoms with Crippen molar-refractivity contribution in [2.45, 2.75) is 11.7 Å². The molecular weight excluding hydrogens is 256 g/mol. The van der Waals surface area contributed by atoms with Crippen molar-refractivity contribution in [3.8, 4) is 0 Å². The molecule has 2 rings (SSSR count). The van der Waals surface area contributed by atoms with Crippen LogP contribution in [0.3, 0.4) is 0 Å². The van der Waals surface area contributed by atoms with E-state index in [1.54, 1.807) is 60.7 Å². The number of methoxy groups -OCH3 is 1. The van der Waals surface area contributed by atoms with E-state index in [2.05, 4.69) is 4.74 Å². The Morgan fingerprint density at radius 1 is 1.05 bits per heavy atom. The van der Waals surface area contributed by atoms with Crippen molar-refractivity contribution >= 4 is 5.97 Å². The van der Waals surface area contributed by atoms with Crippen LogP contribution in [0.1, 0.15) is 17.2 Å². The van der Waals surface area contributed by atoms with Gasteiger partial charge in [-0.25, -0.2) is 4.79 Å². The van der Waals surface area contributed by atoms with E-state index in [0.29, 0.717) is 5.56 Å². The van der Waals surface area contributed by atoms with Crippen LogP contribution < -0.4 is 0 Å². The maximum atomic E-state index is 12.0. The fraction of sp³-hybridized carbons (Fsp3) is 0.188. The molecule has 0 heterocycles. The van der Waals surface area contributed by atoms with Crippen molar-refractivity contribution in [3.05, 3.63) is 71.8 Å². The normalized spacial score (nSPS) is 15.2. The lowest BCUT2D eigenvalue weighted by atomic mass is 9.84. The van der Waals surface area contributed by atoms with Crippen LogP contribution in [0.4, 0.5) is 0 Å². The minimum absolute atomic E-state index is 0.281. The van der Waals surface area contributed by atoms with Gasteiger partial charge < -0.3 is 14.9 Å². The molecule has 0 bridgehead atoms. The number of aliphatic hydroxyl groups excluding tert-OH is 1. The Kier molecular flexibility index (Phi) is 4.17. The molecule has 0 saturated heterocycles. The summed E-state index contributed by atoms with van der Waals surface area (Å²) in [4.78, 5) is 12.0. The number of benzene rings is 2. The first-order chi connectivity index (χ1) is 9.60. The summed E-state index contributed by atoms with van der Waals surface area (Å²) in [7, 11) is 1.17. The van der Waals surface area contributed by atoms with Gasteiger partial charge in [-0.2, -0.15) is 0 Å². The van der Waals surface area contributed by atoms with Crippen molar-refractivity contribution in [1.82, 2.24) is 0 Å². The first kappa shape index (κ1) is 14.2. The van der Waals surface area contributed by atoms with E-state index in [1.807, 2.05) is 0 Å². The number of esters is 1. The third-order valence-electron chi connectivity index (χ3n) is 3.22. The lowest BCUT2D eigenvalue weighted by Crippen LogP contribution is -2.42. The molecule has 0 aliphatic carbocycles. The molecule has 0 saturated carbocycles. The SMILES string of the molecule is COC(=O)[C@](O)(c1ccccc1)[C@@H](O)c1ccccc1. The molecule has 0 amide bonds. The maximum Gasteiger partial charge on any atom is 0.345 e. The maximum absolute atomic E-state index is 12.0. The smallest absolute Gasteiger partial charge is 0.345 e. The molecule has 2 atom stereocenters. The highest BCUT2D eigenvalue weighted by Gasteiger charge is 2.47. The molecule has 0 aromatic heterocycles. The van der Waals surface area contributed by atoms with E-state index in [0.717, 1.165) is 0 Å². The predicted octanol–water partition coefficient (Wildman–Crippen LogP) is 1.78. The fourth-order valence-corrected chi connectivity index (χ4v) is 2.11. The predicted molar refractivity (Wildman–Crippen MR) is 73.8 cm³/mol. The molecule has 0 unspecified atom stereocenters. The Morgan fingerprint density at radius 2 is 1.55 bits per heavy atom. The van der Waals surface area contributed by atoms with Gasteiger partial charge >= 0.3 is 5.97 Å². The Bertz CT molecular complexity index is 568. The summed E-state index contributed by atoms with van der Waals surface area (Å²) in [5.41, 5.74) is -1.43. The van der Waals surface area contributed by atoms with Gasteiger partial charge in [0, 0.05) is 0 Å². The molecule has 0 fully saturated rings. The zero-order valence-corrected chi connectivity index (χ0v) is 11.1. The monoisotopic (exact) mass is 272 g/mol. The molecule has 4 heteroatoms. The molecule has 4 nitrogen and oxygen atoms in total. The van der Waals surface area contributed by atoms with Gasteiger partial charge in [0.1, 0.15) is 6.10 Å². The van der Waals surface area contributed by atoms with Crippen LogP contribution in [-0.2, 0) is 15.1 Å². The highest BCUT2D eigenvalue weighted by Crippen LogP contribution is 2.36. The second kappa shape index (κ2) is 5.86. The largest absolute Gasteiger partial charge is 0.467 e. The van der Waals surface area contributed by atoms with Crippen molar-refractivity contribution in [2.24, 2.45) is 0 Å². The van der Waals surface area contributed by atoms with E-state index in [4.69, 9.17) is 0 Å².